The summed E-state index contributed by atoms with van der Waals surface area (Å²) in [7, 11) is 0. The molecule has 0 spiro atoms. The molecule has 1 atom stereocenters. The van der Waals surface area contributed by atoms with Crippen molar-refractivity contribution in [3.8, 4) is 11.8 Å². The Labute approximate surface area is 155 Å². The van der Waals surface area contributed by atoms with Gasteiger partial charge in [-0.3, -0.25) is 4.79 Å². The van der Waals surface area contributed by atoms with Gasteiger partial charge in [-0.05, 0) is 37.1 Å². The first-order valence-electron chi connectivity index (χ1n) is 8.60. The van der Waals surface area contributed by atoms with E-state index in [1.54, 1.807) is 0 Å². The monoisotopic (exact) mass is 373 g/mol. The molecule has 2 aromatic rings. The molecule has 2 heterocycles. The molecule has 1 saturated heterocycles. The number of benzene rings is 1. The van der Waals surface area contributed by atoms with Gasteiger partial charge in [0.25, 0.3) is 5.91 Å². The maximum Gasteiger partial charge on any atom is 0.251 e. The van der Waals surface area contributed by atoms with Crippen LogP contribution in [0.3, 0.4) is 0 Å². The Balaban J connectivity index is 1.60. The van der Waals surface area contributed by atoms with Gasteiger partial charge in [0, 0.05) is 6.54 Å². The van der Waals surface area contributed by atoms with Crippen molar-refractivity contribution >= 4 is 11.7 Å². The molecule has 8 nitrogen and oxygen atoms in total. The van der Waals surface area contributed by atoms with Gasteiger partial charge < -0.3 is 20.5 Å². The molecule has 1 aliphatic heterocycles. The first-order valence-corrected chi connectivity index (χ1v) is 8.60. The molecule has 0 aliphatic carbocycles. The zero-order valence-corrected chi connectivity index (χ0v) is 14.7. The summed E-state index contributed by atoms with van der Waals surface area (Å²) >= 11 is 0. The second-order valence-corrected chi connectivity index (χ2v) is 6.04. The lowest BCUT2D eigenvalue weighted by molar-refractivity contribution is -0.147. The molecule has 3 N–H and O–H groups in total. The van der Waals surface area contributed by atoms with E-state index in [2.05, 4.69) is 16.5 Å². The van der Waals surface area contributed by atoms with Gasteiger partial charge in [-0.2, -0.15) is 10.4 Å². The number of nitrogen functional groups attached to an aromatic ring is 1. The van der Waals surface area contributed by atoms with E-state index in [-0.39, 0.29) is 29.7 Å². The topological polar surface area (TPSA) is 115 Å². The second-order valence-electron chi connectivity index (χ2n) is 6.04. The van der Waals surface area contributed by atoms with Crippen LogP contribution in [0.25, 0.3) is 5.69 Å². The number of aromatic nitrogens is 2. The van der Waals surface area contributed by atoms with Gasteiger partial charge in [0.1, 0.15) is 23.3 Å². The molecular formula is C18H20FN5O3. The van der Waals surface area contributed by atoms with E-state index in [1.165, 1.54) is 28.9 Å². The van der Waals surface area contributed by atoms with Crippen LogP contribution in [0.15, 0.2) is 24.3 Å². The van der Waals surface area contributed by atoms with Crippen molar-refractivity contribution in [1.82, 2.24) is 15.1 Å². The highest BCUT2D eigenvalue weighted by atomic mass is 19.1. The number of carbonyl (C=O) groups is 1. The third kappa shape index (κ3) is 4.42. The number of halogens is 1. The fourth-order valence-corrected chi connectivity index (χ4v) is 2.77. The van der Waals surface area contributed by atoms with E-state index >= 15 is 0 Å². The van der Waals surface area contributed by atoms with Crippen LogP contribution in [0.1, 0.15) is 17.7 Å². The molecule has 1 aliphatic rings. The Hall–Kier alpha value is -2.96. The van der Waals surface area contributed by atoms with Crippen LogP contribution < -0.4 is 11.1 Å². The quantitative estimate of drug-likeness (QED) is 0.728. The third-order valence-electron chi connectivity index (χ3n) is 4.17. The minimum absolute atomic E-state index is 0.205. The molecule has 3 rings (SSSR count). The highest BCUT2D eigenvalue weighted by Crippen LogP contribution is 2.21. The average molecular weight is 373 g/mol. The number of anilines is 1. The summed E-state index contributed by atoms with van der Waals surface area (Å²) in [5.41, 5.74) is 7.41. The second kappa shape index (κ2) is 8.62. The summed E-state index contributed by atoms with van der Waals surface area (Å²) in [5, 5.41) is 16.5. The maximum atomic E-state index is 13.1. The number of nitrogens with two attached hydrogens (primary N) is 1. The first-order chi connectivity index (χ1) is 13.1. The number of nitriles is 1. The third-order valence-corrected chi connectivity index (χ3v) is 4.17. The van der Waals surface area contributed by atoms with Crippen molar-refractivity contribution in [2.45, 2.75) is 18.9 Å². The number of rotatable bonds is 6. The number of ether oxygens (including phenoxy) is 2. The van der Waals surface area contributed by atoms with E-state index in [1.807, 2.05) is 0 Å². The summed E-state index contributed by atoms with van der Waals surface area (Å²) in [6.07, 6.45) is 0.457. The van der Waals surface area contributed by atoms with E-state index in [0.717, 1.165) is 0 Å². The van der Waals surface area contributed by atoms with Crippen LogP contribution in [-0.4, -0.2) is 48.2 Å². The predicted octanol–water partition coefficient (Wildman–Crippen LogP) is 0.929. The largest absolute Gasteiger partial charge is 0.382 e. The SMILES string of the molecule is N#Cc1c(CCCNC(=O)C2COCCO2)nn(-c2ccc(F)cc2)c1N. The number of nitrogens with one attached hydrogen (secondary N) is 1. The fourth-order valence-electron chi connectivity index (χ4n) is 2.77. The molecular weight excluding hydrogens is 353 g/mol. The number of carbonyl (C=O) groups excluding carboxylic acids is 1. The van der Waals surface area contributed by atoms with Crippen molar-refractivity contribution in [2.75, 3.05) is 32.1 Å². The van der Waals surface area contributed by atoms with Crippen LogP contribution in [0, 0.1) is 17.1 Å². The number of amides is 1. The lowest BCUT2D eigenvalue weighted by Crippen LogP contribution is -2.43. The minimum Gasteiger partial charge on any atom is -0.382 e. The van der Waals surface area contributed by atoms with Crippen molar-refractivity contribution < 1.29 is 18.7 Å². The normalized spacial score (nSPS) is 16.7. The summed E-state index contributed by atoms with van der Waals surface area (Å²) in [4.78, 5) is 12.0. The Kier molecular flexibility index (Phi) is 6.01. The molecule has 0 bridgehead atoms. The Morgan fingerprint density at radius 3 is 2.85 bits per heavy atom. The Bertz CT molecular complexity index is 838. The lowest BCUT2D eigenvalue weighted by Gasteiger charge is -2.21. The van der Waals surface area contributed by atoms with Gasteiger partial charge in [-0.1, -0.05) is 0 Å². The zero-order valence-electron chi connectivity index (χ0n) is 14.7. The van der Waals surface area contributed by atoms with Gasteiger partial charge in [0.15, 0.2) is 6.10 Å². The Morgan fingerprint density at radius 2 is 2.19 bits per heavy atom. The fraction of sp³-hybridized carbons (Fsp3) is 0.389. The first kappa shape index (κ1) is 18.8. The summed E-state index contributed by atoms with van der Waals surface area (Å²) in [6.45, 7) is 1.57. The highest BCUT2D eigenvalue weighted by Gasteiger charge is 2.22. The molecule has 142 valence electrons. The van der Waals surface area contributed by atoms with E-state index < -0.39 is 6.10 Å². The van der Waals surface area contributed by atoms with E-state index in [0.29, 0.717) is 44.0 Å². The summed E-state index contributed by atoms with van der Waals surface area (Å²) in [6, 6.07) is 7.74. The molecule has 1 fully saturated rings. The van der Waals surface area contributed by atoms with Crippen molar-refractivity contribution in [1.29, 1.82) is 5.26 Å². The molecule has 1 amide bonds. The smallest absolute Gasteiger partial charge is 0.251 e. The van der Waals surface area contributed by atoms with Crippen LogP contribution in [-0.2, 0) is 20.7 Å². The Morgan fingerprint density at radius 1 is 1.41 bits per heavy atom. The number of nitrogens with zero attached hydrogens (tertiary/aromatic N) is 3. The zero-order chi connectivity index (χ0) is 19.2. The van der Waals surface area contributed by atoms with Crippen molar-refractivity contribution in [3.63, 3.8) is 0 Å². The average Bonchev–Trinajstić information content (AvgIpc) is 3.01. The van der Waals surface area contributed by atoms with Crippen LogP contribution in [0.4, 0.5) is 10.2 Å². The van der Waals surface area contributed by atoms with Crippen LogP contribution >= 0.6 is 0 Å². The molecule has 0 saturated carbocycles. The molecule has 1 unspecified atom stereocenters. The van der Waals surface area contributed by atoms with Crippen LogP contribution in [0.5, 0.6) is 0 Å². The predicted molar refractivity (Wildman–Crippen MR) is 94.5 cm³/mol. The maximum absolute atomic E-state index is 13.1. The van der Waals surface area contributed by atoms with E-state index in [4.69, 9.17) is 15.2 Å². The van der Waals surface area contributed by atoms with E-state index in [9.17, 15) is 14.4 Å². The lowest BCUT2D eigenvalue weighted by atomic mass is 10.1. The van der Waals surface area contributed by atoms with Gasteiger partial charge >= 0.3 is 0 Å². The molecule has 1 aromatic heterocycles. The molecule has 9 heteroatoms. The number of hydrogen-bond acceptors (Lipinski definition) is 6. The minimum atomic E-state index is -0.582. The van der Waals surface area contributed by atoms with Crippen molar-refractivity contribution in [2.24, 2.45) is 0 Å². The standard InChI is InChI=1S/C18H20FN5O3/c19-12-3-5-13(6-4-12)24-17(21)14(10-20)15(23-24)2-1-7-22-18(25)16-11-26-8-9-27-16/h3-6,16H,1-2,7-9,11,21H2,(H,22,25). The highest BCUT2D eigenvalue weighted by molar-refractivity contribution is 5.80. The van der Waals surface area contributed by atoms with Gasteiger partial charge in [0.05, 0.1) is 31.2 Å². The van der Waals surface area contributed by atoms with Gasteiger partial charge in [-0.15, -0.1) is 0 Å². The van der Waals surface area contributed by atoms with Gasteiger partial charge in [-0.25, -0.2) is 9.07 Å². The number of aryl methyl sites for hydroxylation is 1. The van der Waals surface area contributed by atoms with Crippen molar-refractivity contribution in [3.05, 3.63) is 41.3 Å². The summed E-state index contributed by atoms with van der Waals surface area (Å²) < 4.78 is 25.0. The van der Waals surface area contributed by atoms with Crippen LogP contribution in [0.2, 0.25) is 0 Å². The molecule has 0 radical (unpaired) electrons. The van der Waals surface area contributed by atoms with Gasteiger partial charge in [0.2, 0.25) is 0 Å². The molecule has 27 heavy (non-hydrogen) atoms. The summed E-state index contributed by atoms with van der Waals surface area (Å²) in [5.74, 6) is -0.379. The number of hydrogen-bond donors (Lipinski definition) is 2. The molecule has 1 aromatic carbocycles.